The first-order valence-corrected chi connectivity index (χ1v) is 6.61. The average molecular weight is 258 g/mol. The van der Waals surface area contributed by atoms with Crippen molar-refractivity contribution < 1.29 is 9.15 Å². The van der Waals surface area contributed by atoms with Crippen LogP contribution in [-0.2, 0) is 11.3 Å². The predicted octanol–water partition coefficient (Wildman–Crippen LogP) is 2.56. The molecule has 19 heavy (non-hydrogen) atoms. The van der Waals surface area contributed by atoms with Gasteiger partial charge in [-0.05, 0) is 31.2 Å². The second-order valence-corrected chi connectivity index (χ2v) is 4.86. The zero-order valence-corrected chi connectivity index (χ0v) is 11.1. The van der Waals surface area contributed by atoms with E-state index < -0.39 is 0 Å². The van der Waals surface area contributed by atoms with Gasteiger partial charge in [0.15, 0.2) is 0 Å². The van der Waals surface area contributed by atoms with Crippen LogP contribution in [0.2, 0.25) is 0 Å². The number of morpholine rings is 1. The first kappa shape index (κ1) is 12.4. The van der Waals surface area contributed by atoms with Crippen molar-refractivity contribution >= 4 is 0 Å². The van der Waals surface area contributed by atoms with E-state index >= 15 is 0 Å². The number of rotatable bonds is 3. The fourth-order valence-corrected chi connectivity index (χ4v) is 2.38. The van der Waals surface area contributed by atoms with Crippen LogP contribution in [0.25, 0.3) is 0 Å². The van der Waals surface area contributed by atoms with Crippen LogP contribution >= 0.6 is 0 Å². The van der Waals surface area contributed by atoms with E-state index in [4.69, 9.17) is 9.15 Å². The number of hydrogen-bond acceptors (Lipinski definition) is 4. The second kappa shape index (κ2) is 5.55. The van der Waals surface area contributed by atoms with Crippen molar-refractivity contribution in [2.45, 2.75) is 19.6 Å². The van der Waals surface area contributed by atoms with Gasteiger partial charge in [0.2, 0.25) is 0 Å². The summed E-state index contributed by atoms with van der Waals surface area (Å²) in [6.07, 6.45) is 1.87. The van der Waals surface area contributed by atoms with Crippen molar-refractivity contribution in [3.05, 3.63) is 53.7 Å². The third kappa shape index (κ3) is 3.03. The molecule has 0 bridgehead atoms. The maximum absolute atomic E-state index is 5.80. The van der Waals surface area contributed by atoms with Gasteiger partial charge in [0.1, 0.15) is 17.6 Å². The highest BCUT2D eigenvalue weighted by molar-refractivity contribution is 5.09. The molecule has 0 saturated carbocycles. The number of pyridine rings is 1. The number of aryl methyl sites for hydroxylation is 1. The molecule has 3 rings (SSSR count). The van der Waals surface area contributed by atoms with Gasteiger partial charge in [-0.25, -0.2) is 0 Å². The van der Waals surface area contributed by atoms with Crippen LogP contribution in [0.5, 0.6) is 0 Å². The van der Waals surface area contributed by atoms with Gasteiger partial charge in [0.05, 0.1) is 18.8 Å². The molecule has 2 aromatic rings. The summed E-state index contributed by atoms with van der Waals surface area (Å²) in [6, 6.07) is 9.99. The highest BCUT2D eigenvalue weighted by Gasteiger charge is 2.23. The first-order valence-electron chi connectivity index (χ1n) is 6.61. The number of nitrogens with zero attached hydrogens (tertiary/aromatic N) is 2. The zero-order chi connectivity index (χ0) is 13.1. The molecule has 0 aromatic carbocycles. The highest BCUT2D eigenvalue weighted by atomic mass is 16.5. The normalized spacial score (nSPS) is 20.6. The Balaban J connectivity index is 1.65. The molecule has 1 saturated heterocycles. The standard InChI is InChI=1S/C15H18N2O2/c1-12-5-6-13(19-12)10-17-8-9-18-15(11-17)14-4-2-3-7-16-14/h2-7,15H,8-11H2,1H3. The second-order valence-electron chi connectivity index (χ2n) is 4.86. The molecule has 3 heterocycles. The van der Waals surface area contributed by atoms with Crippen LogP contribution < -0.4 is 0 Å². The third-order valence-electron chi connectivity index (χ3n) is 3.34. The molecule has 0 radical (unpaired) electrons. The van der Waals surface area contributed by atoms with Crippen LogP contribution in [0.1, 0.15) is 23.3 Å². The smallest absolute Gasteiger partial charge is 0.118 e. The molecule has 0 aliphatic carbocycles. The molecule has 100 valence electrons. The zero-order valence-electron chi connectivity index (χ0n) is 11.1. The molecule has 0 amide bonds. The molecule has 1 unspecified atom stereocenters. The fourth-order valence-electron chi connectivity index (χ4n) is 2.38. The number of furan rings is 1. The lowest BCUT2D eigenvalue weighted by atomic mass is 10.2. The van der Waals surface area contributed by atoms with Gasteiger partial charge in [0, 0.05) is 19.3 Å². The molecule has 1 aliphatic heterocycles. The molecule has 4 heteroatoms. The van der Waals surface area contributed by atoms with Crippen LogP contribution in [0.3, 0.4) is 0 Å². The fraction of sp³-hybridized carbons (Fsp3) is 0.400. The lowest BCUT2D eigenvalue weighted by Crippen LogP contribution is -2.38. The van der Waals surface area contributed by atoms with E-state index in [0.717, 1.165) is 43.5 Å². The average Bonchev–Trinajstić information content (AvgIpc) is 2.85. The van der Waals surface area contributed by atoms with Crippen molar-refractivity contribution in [1.29, 1.82) is 0 Å². The van der Waals surface area contributed by atoms with Crippen LogP contribution in [-0.4, -0.2) is 29.6 Å². The molecule has 2 aromatic heterocycles. The molecule has 1 aliphatic rings. The van der Waals surface area contributed by atoms with Crippen LogP contribution in [0.15, 0.2) is 40.9 Å². The Morgan fingerprint density at radius 3 is 3.00 bits per heavy atom. The Morgan fingerprint density at radius 1 is 1.32 bits per heavy atom. The van der Waals surface area contributed by atoms with Gasteiger partial charge in [0.25, 0.3) is 0 Å². The van der Waals surface area contributed by atoms with E-state index in [0.29, 0.717) is 0 Å². The maximum Gasteiger partial charge on any atom is 0.118 e. The van der Waals surface area contributed by atoms with Crippen molar-refractivity contribution in [3.63, 3.8) is 0 Å². The topological polar surface area (TPSA) is 38.5 Å². The van der Waals surface area contributed by atoms with Crippen molar-refractivity contribution in [3.8, 4) is 0 Å². The summed E-state index contributed by atoms with van der Waals surface area (Å²) in [6.45, 7) is 5.33. The number of ether oxygens (including phenoxy) is 1. The minimum atomic E-state index is 0.0611. The van der Waals surface area contributed by atoms with E-state index in [1.54, 1.807) is 0 Å². The van der Waals surface area contributed by atoms with Gasteiger partial charge in [-0.1, -0.05) is 6.07 Å². The Morgan fingerprint density at radius 2 is 2.26 bits per heavy atom. The Hall–Kier alpha value is -1.65. The summed E-state index contributed by atoms with van der Waals surface area (Å²) >= 11 is 0. The largest absolute Gasteiger partial charge is 0.465 e. The van der Waals surface area contributed by atoms with Gasteiger partial charge >= 0.3 is 0 Å². The van der Waals surface area contributed by atoms with Crippen molar-refractivity contribution in [2.24, 2.45) is 0 Å². The van der Waals surface area contributed by atoms with Crippen molar-refractivity contribution in [2.75, 3.05) is 19.7 Å². The van der Waals surface area contributed by atoms with E-state index in [-0.39, 0.29) is 6.10 Å². The van der Waals surface area contributed by atoms with Gasteiger partial charge in [-0.3, -0.25) is 9.88 Å². The molecule has 0 spiro atoms. The summed E-state index contributed by atoms with van der Waals surface area (Å²) in [5.74, 6) is 1.98. The minimum Gasteiger partial charge on any atom is -0.465 e. The lowest BCUT2D eigenvalue weighted by Gasteiger charge is -2.31. The Kier molecular flexibility index (Phi) is 3.62. The quantitative estimate of drug-likeness (QED) is 0.848. The molecule has 1 atom stereocenters. The monoisotopic (exact) mass is 258 g/mol. The summed E-state index contributed by atoms with van der Waals surface area (Å²) in [7, 11) is 0. The van der Waals surface area contributed by atoms with E-state index in [1.807, 2.05) is 43.5 Å². The summed E-state index contributed by atoms with van der Waals surface area (Å²) in [5.41, 5.74) is 1.00. The summed E-state index contributed by atoms with van der Waals surface area (Å²) < 4.78 is 11.4. The number of hydrogen-bond donors (Lipinski definition) is 0. The summed E-state index contributed by atoms with van der Waals surface area (Å²) in [4.78, 5) is 6.72. The Bertz CT molecular complexity index is 524. The predicted molar refractivity (Wildman–Crippen MR) is 71.7 cm³/mol. The molecule has 1 fully saturated rings. The van der Waals surface area contributed by atoms with E-state index in [9.17, 15) is 0 Å². The number of aromatic nitrogens is 1. The van der Waals surface area contributed by atoms with Crippen molar-refractivity contribution in [1.82, 2.24) is 9.88 Å². The van der Waals surface area contributed by atoms with Crippen LogP contribution in [0.4, 0.5) is 0 Å². The summed E-state index contributed by atoms with van der Waals surface area (Å²) in [5, 5.41) is 0. The molecule has 0 N–H and O–H groups in total. The van der Waals surface area contributed by atoms with E-state index in [2.05, 4.69) is 9.88 Å². The SMILES string of the molecule is Cc1ccc(CN2CCOC(c3ccccn3)C2)o1. The van der Waals surface area contributed by atoms with E-state index in [1.165, 1.54) is 0 Å². The molecular formula is C15H18N2O2. The van der Waals surface area contributed by atoms with Gasteiger partial charge in [-0.2, -0.15) is 0 Å². The van der Waals surface area contributed by atoms with Gasteiger partial charge < -0.3 is 9.15 Å². The Labute approximate surface area is 113 Å². The highest BCUT2D eigenvalue weighted by Crippen LogP contribution is 2.21. The maximum atomic E-state index is 5.80. The lowest BCUT2D eigenvalue weighted by molar-refractivity contribution is -0.0367. The first-order chi connectivity index (χ1) is 9.31. The molecule has 4 nitrogen and oxygen atoms in total. The minimum absolute atomic E-state index is 0.0611. The van der Waals surface area contributed by atoms with Gasteiger partial charge in [-0.15, -0.1) is 0 Å². The third-order valence-corrected chi connectivity index (χ3v) is 3.34. The molecular weight excluding hydrogens is 240 g/mol. The van der Waals surface area contributed by atoms with Crippen LogP contribution in [0, 0.1) is 6.92 Å².